The molecule has 0 radical (unpaired) electrons. The van der Waals surface area contributed by atoms with Gasteiger partial charge in [0.1, 0.15) is 17.1 Å². The van der Waals surface area contributed by atoms with Crippen LogP contribution in [-0.2, 0) is 16.3 Å². The van der Waals surface area contributed by atoms with Crippen molar-refractivity contribution in [2.75, 3.05) is 5.75 Å². The molecular formula is C21H19N5O5S. The number of nitrogens with zero attached hydrogens (tertiary/aromatic N) is 5. The molecule has 11 heteroatoms. The summed E-state index contributed by atoms with van der Waals surface area (Å²) in [4.78, 5) is 28.8. The van der Waals surface area contributed by atoms with Crippen LogP contribution in [0.5, 0.6) is 11.5 Å². The van der Waals surface area contributed by atoms with Crippen molar-refractivity contribution < 1.29 is 23.1 Å². The van der Waals surface area contributed by atoms with Crippen molar-refractivity contribution in [3.63, 3.8) is 0 Å². The Bertz CT molecular complexity index is 1420. The summed E-state index contributed by atoms with van der Waals surface area (Å²) >= 11 is 0. The number of aryl methyl sites for hydroxylation is 1. The van der Waals surface area contributed by atoms with Gasteiger partial charge in [0.05, 0.1) is 23.0 Å². The molecule has 0 saturated carbocycles. The van der Waals surface area contributed by atoms with Gasteiger partial charge in [-0.3, -0.25) is 9.55 Å². The Kier molecular flexibility index (Phi) is 5.57. The van der Waals surface area contributed by atoms with Crippen LogP contribution in [0.15, 0.2) is 54.1 Å². The van der Waals surface area contributed by atoms with Crippen molar-refractivity contribution in [1.82, 2.24) is 24.5 Å². The molecule has 0 aliphatic rings. The first-order valence-electron chi connectivity index (χ1n) is 9.76. The zero-order valence-corrected chi connectivity index (χ0v) is 18.1. The van der Waals surface area contributed by atoms with Gasteiger partial charge in [-0.1, -0.05) is 13.8 Å². The van der Waals surface area contributed by atoms with E-state index in [2.05, 4.69) is 19.9 Å². The average molecular weight is 453 g/mol. The quantitative estimate of drug-likeness (QED) is 0.447. The van der Waals surface area contributed by atoms with Crippen molar-refractivity contribution in [3.8, 4) is 17.3 Å². The fourth-order valence-electron chi connectivity index (χ4n) is 3.25. The van der Waals surface area contributed by atoms with Gasteiger partial charge in [0.15, 0.2) is 26.4 Å². The van der Waals surface area contributed by atoms with E-state index in [1.54, 1.807) is 23.2 Å². The SMILES string of the molecule is CCc1nc2cc(C(=O)O)c(Oc3cccnc3S(=O)(=O)CC)cc2n1-c1cnccn1. The van der Waals surface area contributed by atoms with Crippen LogP contribution >= 0.6 is 0 Å². The molecule has 4 rings (SSSR count). The first-order valence-corrected chi connectivity index (χ1v) is 11.4. The predicted octanol–water partition coefficient (Wildman–Crippen LogP) is 3.06. The average Bonchev–Trinajstić information content (AvgIpc) is 3.17. The molecule has 1 N–H and O–H groups in total. The third kappa shape index (κ3) is 3.78. The third-order valence-electron chi connectivity index (χ3n) is 4.78. The Hall–Kier alpha value is -3.86. The first kappa shape index (κ1) is 21.4. The fourth-order valence-corrected chi connectivity index (χ4v) is 4.16. The van der Waals surface area contributed by atoms with Crippen molar-refractivity contribution in [2.45, 2.75) is 25.3 Å². The topological polar surface area (TPSA) is 137 Å². The number of imidazole rings is 1. The van der Waals surface area contributed by atoms with Gasteiger partial charge in [-0.25, -0.2) is 28.2 Å². The molecule has 0 fully saturated rings. The summed E-state index contributed by atoms with van der Waals surface area (Å²) < 4.78 is 32.5. The number of aromatic nitrogens is 5. The van der Waals surface area contributed by atoms with E-state index in [1.165, 1.54) is 37.4 Å². The Balaban J connectivity index is 1.94. The van der Waals surface area contributed by atoms with E-state index in [-0.39, 0.29) is 27.8 Å². The van der Waals surface area contributed by atoms with Gasteiger partial charge in [0.25, 0.3) is 0 Å². The zero-order chi connectivity index (χ0) is 22.9. The minimum atomic E-state index is -3.69. The largest absolute Gasteiger partial charge is 0.478 e. The Morgan fingerprint density at radius 3 is 2.59 bits per heavy atom. The van der Waals surface area contributed by atoms with E-state index >= 15 is 0 Å². The molecule has 0 bridgehead atoms. The summed E-state index contributed by atoms with van der Waals surface area (Å²) in [6, 6.07) is 5.85. The molecule has 0 aliphatic carbocycles. The molecule has 0 unspecified atom stereocenters. The second-order valence-electron chi connectivity index (χ2n) is 6.74. The lowest BCUT2D eigenvalue weighted by Gasteiger charge is -2.13. The number of sulfone groups is 1. The van der Waals surface area contributed by atoms with Crippen LogP contribution in [0.2, 0.25) is 0 Å². The van der Waals surface area contributed by atoms with E-state index in [1.807, 2.05) is 6.92 Å². The van der Waals surface area contributed by atoms with Crippen molar-refractivity contribution >= 4 is 26.8 Å². The summed E-state index contributed by atoms with van der Waals surface area (Å²) in [6.07, 6.45) is 6.56. The number of hydrogen-bond donors (Lipinski definition) is 1. The van der Waals surface area contributed by atoms with E-state index in [0.717, 1.165) is 0 Å². The van der Waals surface area contributed by atoms with E-state index < -0.39 is 15.8 Å². The predicted molar refractivity (Wildman–Crippen MR) is 115 cm³/mol. The maximum Gasteiger partial charge on any atom is 0.339 e. The van der Waals surface area contributed by atoms with Crippen LogP contribution in [0.3, 0.4) is 0 Å². The molecule has 32 heavy (non-hydrogen) atoms. The number of rotatable bonds is 7. The summed E-state index contributed by atoms with van der Waals surface area (Å²) in [5.74, 6) is -0.348. The lowest BCUT2D eigenvalue weighted by molar-refractivity contribution is 0.0694. The van der Waals surface area contributed by atoms with Crippen molar-refractivity contribution in [2.24, 2.45) is 0 Å². The smallest absolute Gasteiger partial charge is 0.339 e. The second-order valence-corrected chi connectivity index (χ2v) is 8.93. The molecule has 0 spiro atoms. The molecule has 164 valence electrons. The second kappa shape index (κ2) is 8.35. The van der Waals surface area contributed by atoms with E-state index in [4.69, 9.17) is 4.74 Å². The number of carbonyl (C=O) groups is 1. The normalized spacial score (nSPS) is 11.6. The molecular weight excluding hydrogens is 434 g/mol. The summed E-state index contributed by atoms with van der Waals surface area (Å²) in [5, 5.41) is 9.50. The monoisotopic (exact) mass is 453 g/mol. The maximum atomic E-state index is 12.4. The fraction of sp³-hybridized carbons (Fsp3) is 0.190. The minimum Gasteiger partial charge on any atom is -0.478 e. The molecule has 3 heterocycles. The highest BCUT2D eigenvalue weighted by Gasteiger charge is 2.24. The van der Waals surface area contributed by atoms with E-state index in [9.17, 15) is 18.3 Å². The van der Waals surface area contributed by atoms with Crippen molar-refractivity contribution in [3.05, 3.63) is 60.4 Å². The lowest BCUT2D eigenvalue weighted by Crippen LogP contribution is -2.09. The number of benzene rings is 1. The van der Waals surface area contributed by atoms with Gasteiger partial charge < -0.3 is 9.84 Å². The first-order chi connectivity index (χ1) is 15.4. The molecule has 0 amide bonds. The number of pyridine rings is 1. The van der Waals surface area contributed by atoms with Gasteiger partial charge in [0.2, 0.25) is 0 Å². The number of hydrogen-bond acceptors (Lipinski definition) is 8. The van der Waals surface area contributed by atoms with Crippen LogP contribution in [0.1, 0.15) is 30.0 Å². The molecule has 3 aromatic heterocycles. The Morgan fingerprint density at radius 1 is 1.12 bits per heavy atom. The van der Waals surface area contributed by atoms with Crippen LogP contribution in [-0.4, -0.2) is 49.7 Å². The minimum absolute atomic E-state index is 0.0433. The highest BCUT2D eigenvalue weighted by atomic mass is 32.2. The number of fused-ring (bicyclic) bond motifs is 1. The summed E-state index contributed by atoms with van der Waals surface area (Å²) in [5.41, 5.74) is 0.823. The zero-order valence-electron chi connectivity index (χ0n) is 17.3. The summed E-state index contributed by atoms with van der Waals surface area (Å²) in [6.45, 7) is 3.41. The standard InChI is InChI=1S/C21H19N5O5S/c1-3-18-25-14-10-13(21(27)28)17(11-15(14)26(18)19-12-22-8-9-23-19)31-16-6-5-7-24-20(16)32(29,30)4-2/h5-12H,3-4H2,1-2H3,(H,27,28). The van der Waals surface area contributed by atoms with Crippen molar-refractivity contribution in [1.29, 1.82) is 0 Å². The lowest BCUT2D eigenvalue weighted by atomic mass is 10.1. The number of ether oxygens (including phenoxy) is 1. The Labute approximate surface area is 183 Å². The molecule has 1 aromatic carbocycles. The molecule has 0 atom stereocenters. The van der Waals surface area contributed by atoms with Gasteiger partial charge >= 0.3 is 5.97 Å². The van der Waals surface area contributed by atoms with Gasteiger partial charge in [-0.05, 0) is 18.2 Å². The number of carboxylic acid groups (broad SMARTS) is 1. The van der Waals surface area contributed by atoms with E-state index in [0.29, 0.717) is 29.1 Å². The highest BCUT2D eigenvalue weighted by molar-refractivity contribution is 7.91. The number of carboxylic acids is 1. The maximum absolute atomic E-state index is 12.4. The van der Waals surface area contributed by atoms with Crippen LogP contribution in [0.25, 0.3) is 16.9 Å². The third-order valence-corrected chi connectivity index (χ3v) is 6.44. The van der Waals surface area contributed by atoms with Crippen LogP contribution in [0.4, 0.5) is 0 Å². The molecule has 0 saturated heterocycles. The Morgan fingerprint density at radius 2 is 1.94 bits per heavy atom. The molecule has 0 aliphatic heterocycles. The number of aromatic carboxylic acids is 1. The van der Waals surface area contributed by atoms with Crippen LogP contribution < -0.4 is 4.74 Å². The van der Waals surface area contributed by atoms with Gasteiger partial charge in [-0.15, -0.1) is 0 Å². The molecule has 10 nitrogen and oxygen atoms in total. The van der Waals surface area contributed by atoms with Gasteiger partial charge in [-0.2, -0.15) is 0 Å². The summed E-state index contributed by atoms with van der Waals surface area (Å²) in [7, 11) is -3.69. The highest BCUT2D eigenvalue weighted by Crippen LogP contribution is 2.34. The van der Waals surface area contributed by atoms with Crippen LogP contribution in [0, 0.1) is 0 Å². The van der Waals surface area contributed by atoms with Gasteiger partial charge in [0, 0.05) is 31.1 Å². The molecule has 4 aromatic rings.